The van der Waals surface area contributed by atoms with Crippen LogP contribution in [0.15, 0.2) is 49.1 Å². The first-order valence-electron chi connectivity index (χ1n) is 9.18. The molecule has 0 spiro atoms. The van der Waals surface area contributed by atoms with Gasteiger partial charge in [0.2, 0.25) is 0 Å². The molecule has 3 rings (SSSR count). The molecule has 1 unspecified atom stereocenters. The monoisotopic (exact) mass is 372 g/mol. The van der Waals surface area contributed by atoms with Crippen molar-refractivity contribution in [3.05, 3.63) is 64.4 Å². The van der Waals surface area contributed by atoms with Crippen LogP contribution in [0.1, 0.15) is 21.4 Å². The molecule has 0 bridgehead atoms. The molecule has 1 aromatic carbocycles. The van der Waals surface area contributed by atoms with Crippen molar-refractivity contribution in [2.75, 3.05) is 39.5 Å². The van der Waals surface area contributed by atoms with E-state index in [-0.39, 0.29) is 0 Å². The van der Waals surface area contributed by atoms with Gasteiger partial charge in [0, 0.05) is 41.5 Å². The Labute approximate surface area is 160 Å². The molecule has 1 N–H and O–H groups in total. The number of para-hydroxylation sites is 1. The molecular formula is C21H28N2O2S. The third-order valence-electron chi connectivity index (χ3n) is 4.56. The molecule has 140 valence electrons. The Bertz CT molecular complexity index is 695. The van der Waals surface area contributed by atoms with Crippen LogP contribution < -0.4 is 10.1 Å². The van der Waals surface area contributed by atoms with Crippen LogP contribution in [-0.4, -0.2) is 44.4 Å². The van der Waals surface area contributed by atoms with Gasteiger partial charge in [0.25, 0.3) is 0 Å². The van der Waals surface area contributed by atoms with Gasteiger partial charge in [-0.05, 0) is 25.1 Å². The van der Waals surface area contributed by atoms with E-state index < -0.39 is 0 Å². The van der Waals surface area contributed by atoms with E-state index in [0.717, 1.165) is 45.1 Å². The van der Waals surface area contributed by atoms with E-state index in [4.69, 9.17) is 9.47 Å². The minimum absolute atomic E-state index is 0.388. The summed E-state index contributed by atoms with van der Waals surface area (Å²) in [6.45, 7) is 11.7. The first-order valence-corrected chi connectivity index (χ1v) is 10.00. The molecule has 0 aliphatic carbocycles. The van der Waals surface area contributed by atoms with Gasteiger partial charge in [-0.3, -0.25) is 4.90 Å². The number of ether oxygens (including phenoxy) is 2. The van der Waals surface area contributed by atoms with Gasteiger partial charge in [-0.25, -0.2) is 0 Å². The van der Waals surface area contributed by atoms with Crippen LogP contribution in [0.5, 0.6) is 5.75 Å². The number of hydrogen-bond donors (Lipinski definition) is 1. The zero-order valence-corrected chi connectivity index (χ0v) is 16.3. The highest BCUT2D eigenvalue weighted by Gasteiger charge is 2.23. The molecule has 1 fully saturated rings. The zero-order valence-electron chi connectivity index (χ0n) is 15.4. The SMILES string of the molecule is C=CCOc1ccccc1CNCC(c1ccc(C)s1)N1CCOCC1. The molecule has 1 aromatic heterocycles. The van der Waals surface area contributed by atoms with Crippen LogP contribution in [0.25, 0.3) is 0 Å². The Balaban J connectivity index is 1.64. The third-order valence-corrected chi connectivity index (χ3v) is 5.66. The first kappa shape index (κ1) is 19.1. The molecule has 2 heterocycles. The van der Waals surface area contributed by atoms with E-state index in [9.17, 15) is 0 Å². The summed E-state index contributed by atoms with van der Waals surface area (Å²) < 4.78 is 11.3. The summed E-state index contributed by atoms with van der Waals surface area (Å²) in [6, 6.07) is 13.1. The molecule has 0 radical (unpaired) electrons. The highest BCUT2D eigenvalue weighted by Crippen LogP contribution is 2.28. The van der Waals surface area contributed by atoms with E-state index >= 15 is 0 Å². The molecule has 26 heavy (non-hydrogen) atoms. The van der Waals surface area contributed by atoms with Crippen molar-refractivity contribution in [1.29, 1.82) is 0 Å². The topological polar surface area (TPSA) is 33.7 Å². The van der Waals surface area contributed by atoms with Gasteiger partial charge in [0.05, 0.1) is 19.3 Å². The first-order chi connectivity index (χ1) is 12.8. The average molecular weight is 373 g/mol. The Morgan fingerprint density at radius 3 is 2.81 bits per heavy atom. The van der Waals surface area contributed by atoms with E-state index in [0.29, 0.717) is 12.6 Å². The highest BCUT2D eigenvalue weighted by molar-refractivity contribution is 7.12. The predicted octanol–water partition coefficient (Wildman–Crippen LogP) is 3.78. The number of nitrogens with one attached hydrogen (secondary N) is 1. The normalized spacial score (nSPS) is 16.3. The quantitative estimate of drug-likeness (QED) is 0.679. The smallest absolute Gasteiger partial charge is 0.124 e. The van der Waals surface area contributed by atoms with Crippen molar-refractivity contribution >= 4 is 11.3 Å². The maximum absolute atomic E-state index is 5.77. The molecular weight excluding hydrogens is 344 g/mol. The number of nitrogens with zero attached hydrogens (tertiary/aromatic N) is 1. The van der Waals surface area contributed by atoms with E-state index in [1.54, 1.807) is 6.08 Å². The summed E-state index contributed by atoms with van der Waals surface area (Å²) in [5.41, 5.74) is 1.18. The lowest BCUT2D eigenvalue weighted by Gasteiger charge is -2.34. The zero-order chi connectivity index (χ0) is 18.2. The number of hydrogen-bond acceptors (Lipinski definition) is 5. The number of aryl methyl sites for hydroxylation is 1. The fraction of sp³-hybridized carbons (Fsp3) is 0.429. The van der Waals surface area contributed by atoms with E-state index in [2.05, 4.69) is 48.0 Å². The third kappa shape index (κ3) is 5.17. The number of rotatable bonds is 9. The molecule has 0 saturated carbocycles. The van der Waals surface area contributed by atoms with Gasteiger partial charge in [-0.15, -0.1) is 11.3 Å². The molecule has 1 aliphatic heterocycles. The maximum atomic E-state index is 5.77. The van der Waals surface area contributed by atoms with Gasteiger partial charge in [0.15, 0.2) is 0 Å². The van der Waals surface area contributed by atoms with Crippen molar-refractivity contribution in [2.45, 2.75) is 19.5 Å². The van der Waals surface area contributed by atoms with Gasteiger partial charge in [-0.1, -0.05) is 30.9 Å². The van der Waals surface area contributed by atoms with Crippen LogP contribution in [-0.2, 0) is 11.3 Å². The van der Waals surface area contributed by atoms with Crippen LogP contribution in [0.3, 0.4) is 0 Å². The predicted molar refractivity (Wildman–Crippen MR) is 108 cm³/mol. The Morgan fingerprint density at radius 2 is 2.08 bits per heavy atom. The van der Waals surface area contributed by atoms with E-state index in [1.165, 1.54) is 15.3 Å². The van der Waals surface area contributed by atoms with Crippen LogP contribution >= 0.6 is 11.3 Å². The summed E-state index contributed by atoms with van der Waals surface area (Å²) in [4.78, 5) is 5.32. The second-order valence-electron chi connectivity index (χ2n) is 6.45. The second-order valence-corrected chi connectivity index (χ2v) is 7.77. The Morgan fingerprint density at radius 1 is 1.27 bits per heavy atom. The van der Waals surface area contributed by atoms with E-state index in [1.807, 2.05) is 23.5 Å². The summed E-state index contributed by atoms with van der Waals surface area (Å²) in [6.07, 6.45) is 1.78. The molecule has 1 atom stereocenters. The minimum atomic E-state index is 0.388. The van der Waals surface area contributed by atoms with Crippen molar-refractivity contribution in [2.24, 2.45) is 0 Å². The Hall–Kier alpha value is -1.66. The number of morpholine rings is 1. The lowest BCUT2D eigenvalue weighted by Crippen LogP contribution is -2.42. The second kappa shape index (κ2) is 9.88. The number of thiophene rings is 1. The van der Waals surface area contributed by atoms with Gasteiger partial charge in [-0.2, -0.15) is 0 Å². The summed E-state index contributed by atoms with van der Waals surface area (Å²) in [7, 11) is 0. The standard InChI is InChI=1S/C21H28N2O2S/c1-3-12-25-20-7-5-4-6-18(20)15-22-16-19(21-9-8-17(2)26-21)23-10-13-24-14-11-23/h3-9,19,22H,1,10-16H2,2H3. The molecule has 0 amide bonds. The fourth-order valence-electron chi connectivity index (χ4n) is 3.21. The van der Waals surface area contributed by atoms with Crippen molar-refractivity contribution in [1.82, 2.24) is 10.2 Å². The largest absolute Gasteiger partial charge is 0.489 e. The van der Waals surface area contributed by atoms with Crippen LogP contribution in [0.2, 0.25) is 0 Å². The summed E-state index contributed by atoms with van der Waals surface area (Å²) >= 11 is 1.89. The molecule has 1 aliphatic rings. The molecule has 4 nitrogen and oxygen atoms in total. The van der Waals surface area contributed by atoms with Crippen molar-refractivity contribution < 1.29 is 9.47 Å². The lowest BCUT2D eigenvalue weighted by atomic mass is 10.1. The van der Waals surface area contributed by atoms with Gasteiger partial charge < -0.3 is 14.8 Å². The van der Waals surface area contributed by atoms with Gasteiger partial charge >= 0.3 is 0 Å². The minimum Gasteiger partial charge on any atom is -0.489 e. The molecule has 5 heteroatoms. The summed E-state index contributed by atoms with van der Waals surface area (Å²) in [5.74, 6) is 0.926. The van der Waals surface area contributed by atoms with Crippen LogP contribution in [0, 0.1) is 6.92 Å². The average Bonchev–Trinajstić information content (AvgIpc) is 3.11. The summed E-state index contributed by atoms with van der Waals surface area (Å²) in [5, 5.41) is 3.64. The number of benzene rings is 1. The molecule has 2 aromatic rings. The van der Waals surface area contributed by atoms with Crippen molar-refractivity contribution in [3.8, 4) is 5.75 Å². The Kier molecular flexibility index (Phi) is 7.26. The van der Waals surface area contributed by atoms with Gasteiger partial charge in [0.1, 0.15) is 12.4 Å². The maximum Gasteiger partial charge on any atom is 0.124 e. The van der Waals surface area contributed by atoms with Crippen LogP contribution in [0.4, 0.5) is 0 Å². The lowest BCUT2D eigenvalue weighted by molar-refractivity contribution is 0.0168. The highest BCUT2D eigenvalue weighted by atomic mass is 32.1. The molecule has 1 saturated heterocycles. The fourth-order valence-corrected chi connectivity index (χ4v) is 4.23. The van der Waals surface area contributed by atoms with Crippen molar-refractivity contribution in [3.63, 3.8) is 0 Å².